The molecule has 1 aliphatic rings. The molecule has 7 nitrogen and oxygen atoms in total. The van der Waals surface area contributed by atoms with E-state index < -0.39 is 0 Å². The number of likely N-dealkylation sites (N-methyl/N-ethyl adjacent to an activating group) is 1. The van der Waals surface area contributed by atoms with Crippen molar-refractivity contribution in [3.8, 4) is 0 Å². The topological polar surface area (TPSA) is 80.2 Å². The van der Waals surface area contributed by atoms with Crippen molar-refractivity contribution in [1.29, 1.82) is 0 Å². The number of ether oxygens (including phenoxy) is 1. The van der Waals surface area contributed by atoms with Crippen LogP contribution in [0.25, 0.3) is 0 Å². The first kappa shape index (κ1) is 23.2. The van der Waals surface area contributed by atoms with E-state index in [1.807, 2.05) is 19.9 Å². The molecule has 0 spiro atoms. The van der Waals surface area contributed by atoms with Gasteiger partial charge in [-0.2, -0.15) is 0 Å². The number of quaternary nitrogens is 1. The third-order valence-electron chi connectivity index (χ3n) is 5.26. The van der Waals surface area contributed by atoms with Crippen LogP contribution in [0.2, 0.25) is 5.02 Å². The maximum absolute atomic E-state index is 12.7. The summed E-state index contributed by atoms with van der Waals surface area (Å²) in [7, 11) is 0. The summed E-state index contributed by atoms with van der Waals surface area (Å²) in [6.07, 6.45) is 1.45. The molecule has 0 aliphatic carbocycles. The number of amides is 2. The van der Waals surface area contributed by atoms with Crippen molar-refractivity contribution < 1.29 is 24.0 Å². The lowest BCUT2D eigenvalue weighted by molar-refractivity contribution is -0.898. The molecule has 1 aromatic carbocycles. The number of likely N-dealkylation sites (tertiary alicyclic amines) is 1. The molecular weight excluding hydrogens is 394 g/mol. The Hall–Kier alpha value is -2.12. The first-order valence-corrected chi connectivity index (χ1v) is 10.6. The quantitative estimate of drug-likeness (QED) is 0.616. The summed E-state index contributed by atoms with van der Waals surface area (Å²) in [5, 5.41) is 3.37. The molecule has 2 N–H and O–H groups in total. The largest absolute Gasteiger partial charge is 0.466 e. The Morgan fingerprint density at radius 1 is 1.24 bits per heavy atom. The minimum absolute atomic E-state index is 0.0000175. The number of nitrogens with one attached hydrogen (secondary N) is 2. The van der Waals surface area contributed by atoms with Crippen molar-refractivity contribution in [3.63, 3.8) is 0 Å². The van der Waals surface area contributed by atoms with E-state index in [0.717, 1.165) is 36.4 Å². The molecule has 0 saturated carbocycles. The fraction of sp³-hybridized carbons (Fsp3) is 0.571. The maximum atomic E-state index is 12.7. The molecule has 1 heterocycles. The second-order valence-corrected chi connectivity index (χ2v) is 7.80. The van der Waals surface area contributed by atoms with Crippen LogP contribution in [0, 0.1) is 12.8 Å². The van der Waals surface area contributed by atoms with Crippen molar-refractivity contribution in [1.82, 2.24) is 4.90 Å². The average molecular weight is 425 g/mol. The van der Waals surface area contributed by atoms with Gasteiger partial charge in [0.2, 0.25) is 5.91 Å². The molecule has 0 bridgehead atoms. The Morgan fingerprint density at radius 2 is 1.93 bits per heavy atom. The molecule has 0 aromatic heterocycles. The van der Waals surface area contributed by atoms with E-state index in [2.05, 4.69) is 5.32 Å². The summed E-state index contributed by atoms with van der Waals surface area (Å²) in [4.78, 5) is 39.6. The van der Waals surface area contributed by atoms with E-state index in [1.165, 1.54) is 0 Å². The van der Waals surface area contributed by atoms with Crippen LogP contribution in [0.3, 0.4) is 0 Å². The number of hydrogen-bond acceptors (Lipinski definition) is 4. The van der Waals surface area contributed by atoms with Gasteiger partial charge in [-0.25, -0.2) is 0 Å². The van der Waals surface area contributed by atoms with E-state index in [0.29, 0.717) is 30.4 Å². The standard InChI is InChI=1S/C21H30ClN3O4/c1-4-25(13-19(26)23-18-12-17(22)7-6-15(18)3)20(27)14-24-10-8-16(9-11-24)21(28)29-5-2/h6-7,12,16H,4-5,8-11,13-14H2,1-3H3,(H,23,26)/p+1. The number of aryl methyl sites for hydroxylation is 1. The smallest absolute Gasteiger partial charge is 0.309 e. The lowest BCUT2D eigenvalue weighted by atomic mass is 9.97. The van der Waals surface area contributed by atoms with Gasteiger partial charge in [0.15, 0.2) is 6.54 Å². The minimum Gasteiger partial charge on any atom is -0.466 e. The normalized spacial score (nSPS) is 18.8. The second-order valence-electron chi connectivity index (χ2n) is 7.37. The highest BCUT2D eigenvalue weighted by Gasteiger charge is 2.30. The molecule has 1 saturated heterocycles. The van der Waals surface area contributed by atoms with Crippen molar-refractivity contribution in [2.24, 2.45) is 5.92 Å². The Bertz CT molecular complexity index is 733. The molecule has 0 atom stereocenters. The molecule has 8 heteroatoms. The summed E-state index contributed by atoms with van der Waals surface area (Å²) in [5.74, 6) is -0.513. The molecule has 29 heavy (non-hydrogen) atoms. The average Bonchev–Trinajstić information content (AvgIpc) is 2.69. The number of carbonyl (C=O) groups excluding carboxylic acids is 3. The van der Waals surface area contributed by atoms with Crippen molar-refractivity contribution in [2.75, 3.05) is 44.6 Å². The molecule has 1 fully saturated rings. The lowest BCUT2D eigenvalue weighted by Crippen LogP contribution is -3.14. The van der Waals surface area contributed by atoms with Crippen LogP contribution in [0.1, 0.15) is 32.3 Å². The molecule has 160 valence electrons. The van der Waals surface area contributed by atoms with Crippen molar-refractivity contribution in [3.05, 3.63) is 28.8 Å². The highest BCUT2D eigenvalue weighted by molar-refractivity contribution is 6.31. The lowest BCUT2D eigenvalue weighted by Gasteiger charge is -2.29. The molecule has 1 aromatic rings. The number of anilines is 1. The number of benzene rings is 1. The number of piperidine rings is 1. The molecule has 0 unspecified atom stereocenters. The van der Waals surface area contributed by atoms with E-state index in [1.54, 1.807) is 24.0 Å². The number of halogens is 1. The number of nitrogens with zero attached hydrogens (tertiary/aromatic N) is 1. The van der Waals surface area contributed by atoms with Crippen LogP contribution < -0.4 is 10.2 Å². The fourth-order valence-corrected chi connectivity index (χ4v) is 3.66. The number of esters is 1. The monoisotopic (exact) mass is 424 g/mol. The van der Waals surface area contributed by atoms with Crippen LogP contribution in [0.15, 0.2) is 18.2 Å². The van der Waals surface area contributed by atoms with Gasteiger partial charge in [0, 0.05) is 30.1 Å². The van der Waals surface area contributed by atoms with E-state index >= 15 is 0 Å². The Labute approximate surface area is 177 Å². The van der Waals surface area contributed by atoms with Gasteiger partial charge in [-0.1, -0.05) is 17.7 Å². The predicted octanol–water partition coefficient (Wildman–Crippen LogP) is 1.29. The van der Waals surface area contributed by atoms with Gasteiger partial charge in [-0.3, -0.25) is 14.4 Å². The zero-order valence-corrected chi connectivity index (χ0v) is 18.2. The highest BCUT2D eigenvalue weighted by Crippen LogP contribution is 2.20. The summed E-state index contributed by atoms with van der Waals surface area (Å²) < 4.78 is 5.09. The van der Waals surface area contributed by atoms with Crippen molar-refractivity contribution in [2.45, 2.75) is 33.6 Å². The van der Waals surface area contributed by atoms with Gasteiger partial charge in [0.1, 0.15) is 6.54 Å². The van der Waals surface area contributed by atoms with Crippen LogP contribution in [-0.4, -0.2) is 62.0 Å². The third kappa shape index (κ3) is 7.01. The zero-order chi connectivity index (χ0) is 21.4. The van der Waals surface area contributed by atoms with Crippen LogP contribution in [-0.2, 0) is 19.1 Å². The minimum atomic E-state index is -0.249. The highest BCUT2D eigenvalue weighted by atomic mass is 35.5. The zero-order valence-electron chi connectivity index (χ0n) is 17.4. The third-order valence-corrected chi connectivity index (χ3v) is 5.49. The number of rotatable bonds is 8. The van der Waals surface area contributed by atoms with Gasteiger partial charge < -0.3 is 19.9 Å². The van der Waals surface area contributed by atoms with Crippen LogP contribution >= 0.6 is 11.6 Å². The summed E-state index contributed by atoms with van der Waals surface area (Å²) in [5.41, 5.74) is 1.56. The Balaban J connectivity index is 1.83. The SMILES string of the molecule is CCOC(=O)C1CC[NH+](CC(=O)N(CC)CC(=O)Nc2cc(Cl)ccc2C)CC1. The Morgan fingerprint density at radius 3 is 2.55 bits per heavy atom. The Kier molecular flexibility index (Phi) is 8.92. The second kappa shape index (κ2) is 11.2. The molecule has 0 radical (unpaired) electrons. The number of carbonyl (C=O) groups is 3. The molecule has 1 aliphatic heterocycles. The van der Waals surface area contributed by atoms with Gasteiger partial charge in [0.05, 0.1) is 25.6 Å². The van der Waals surface area contributed by atoms with Crippen LogP contribution in [0.4, 0.5) is 5.69 Å². The summed E-state index contributed by atoms with van der Waals surface area (Å²) in [6.45, 7) is 8.23. The fourth-order valence-electron chi connectivity index (χ4n) is 3.49. The van der Waals surface area contributed by atoms with E-state index in [4.69, 9.17) is 16.3 Å². The first-order chi connectivity index (χ1) is 13.8. The van der Waals surface area contributed by atoms with Gasteiger partial charge >= 0.3 is 5.97 Å². The summed E-state index contributed by atoms with van der Waals surface area (Å²) >= 11 is 5.99. The maximum Gasteiger partial charge on any atom is 0.309 e. The van der Waals surface area contributed by atoms with Gasteiger partial charge in [-0.05, 0) is 38.5 Å². The van der Waals surface area contributed by atoms with Gasteiger partial charge in [-0.15, -0.1) is 0 Å². The predicted molar refractivity (Wildman–Crippen MR) is 112 cm³/mol. The van der Waals surface area contributed by atoms with Gasteiger partial charge in [0.25, 0.3) is 5.91 Å². The van der Waals surface area contributed by atoms with Crippen LogP contribution in [0.5, 0.6) is 0 Å². The van der Waals surface area contributed by atoms with Crippen molar-refractivity contribution >= 4 is 35.1 Å². The van der Waals surface area contributed by atoms with E-state index in [-0.39, 0.29) is 30.2 Å². The first-order valence-electron chi connectivity index (χ1n) is 10.2. The molecule has 2 amide bonds. The number of hydrogen-bond donors (Lipinski definition) is 2. The molecular formula is C21H31ClN3O4+. The van der Waals surface area contributed by atoms with E-state index in [9.17, 15) is 14.4 Å². The summed E-state index contributed by atoms with van der Waals surface area (Å²) in [6, 6.07) is 5.30. The molecule has 2 rings (SSSR count).